The van der Waals surface area contributed by atoms with Crippen LogP contribution in [0.1, 0.15) is 19.3 Å². The van der Waals surface area contributed by atoms with Crippen LogP contribution >= 0.6 is 0 Å². The number of piperazine rings is 1. The van der Waals surface area contributed by atoms with Gasteiger partial charge in [-0.15, -0.1) is 0 Å². The summed E-state index contributed by atoms with van der Waals surface area (Å²) in [6.45, 7) is 8.46. The van der Waals surface area contributed by atoms with Crippen LogP contribution in [0.2, 0.25) is 0 Å². The summed E-state index contributed by atoms with van der Waals surface area (Å²) in [4.78, 5) is 33.1. The number of ether oxygens (including phenoxy) is 2. The molecule has 1 aromatic carbocycles. The molecule has 3 aliphatic rings. The molecule has 0 bridgehead atoms. The summed E-state index contributed by atoms with van der Waals surface area (Å²) in [5, 5.41) is 9.43. The lowest BCUT2D eigenvalue weighted by Crippen LogP contribution is -2.53. The zero-order valence-corrected chi connectivity index (χ0v) is 20.2. The van der Waals surface area contributed by atoms with Crippen LogP contribution in [-0.2, 0) is 9.53 Å². The number of hydrogen-bond donors (Lipinski definition) is 1. The van der Waals surface area contributed by atoms with Gasteiger partial charge in [-0.1, -0.05) is 12.1 Å². The monoisotopic (exact) mass is 474 g/mol. The number of hydrogen-bond acceptors (Lipinski definition) is 6. The molecule has 1 N–H and O–H groups in total. The molecule has 1 aromatic rings. The van der Waals surface area contributed by atoms with E-state index in [1.54, 1.807) is 7.11 Å². The molecule has 9 heteroatoms. The number of morpholine rings is 1. The van der Waals surface area contributed by atoms with Crippen LogP contribution in [0.15, 0.2) is 24.3 Å². The highest BCUT2D eigenvalue weighted by molar-refractivity contribution is 5.74. The average molecular weight is 475 g/mol. The molecular weight excluding hydrogens is 436 g/mol. The predicted octanol–water partition coefficient (Wildman–Crippen LogP) is 2.07. The molecular formula is C25H38N4O5. The first-order chi connectivity index (χ1) is 16.5. The molecule has 34 heavy (non-hydrogen) atoms. The standard InChI is InChI=1S/C25H38N4O5/c1-33-23-5-3-2-4-22(23)27-12-10-26(11-13-27)8-6-21-19-29(9-7-20(21)18-24(30)31)25(32)28-14-16-34-17-15-28/h2-5,20-21H,6-19H2,1H3,(H,30,31). The van der Waals surface area contributed by atoms with Crippen LogP contribution in [0.4, 0.5) is 10.5 Å². The third-order valence-corrected chi connectivity index (χ3v) is 7.49. The van der Waals surface area contributed by atoms with Gasteiger partial charge in [-0.2, -0.15) is 0 Å². The topological polar surface area (TPSA) is 85.8 Å². The second-order valence-electron chi connectivity index (χ2n) is 9.52. The van der Waals surface area contributed by atoms with Crippen molar-refractivity contribution >= 4 is 17.7 Å². The van der Waals surface area contributed by atoms with E-state index in [1.165, 1.54) is 0 Å². The number of amides is 2. The first-order valence-corrected chi connectivity index (χ1v) is 12.5. The fraction of sp³-hybridized carbons (Fsp3) is 0.680. The van der Waals surface area contributed by atoms with Crippen LogP contribution in [0.5, 0.6) is 5.75 Å². The highest BCUT2D eigenvalue weighted by atomic mass is 16.5. The van der Waals surface area contributed by atoms with Crippen LogP contribution in [-0.4, -0.2) is 111 Å². The number of likely N-dealkylation sites (tertiary alicyclic amines) is 1. The number of carboxylic acid groups (broad SMARTS) is 1. The summed E-state index contributed by atoms with van der Waals surface area (Å²) in [6.07, 6.45) is 1.86. The molecule has 2 unspecified atom stereocenters. The number of aliphatic carboxylic acids is 1. The molecule has 3 fully saturated rings. The number of carbonyl (C=O) groups is 2. The van der Waals surface area contributed by atoms with E-state index in [9.17, 15) is 14.7 Å². The maximum absolute atomic E-state index is 13.0. The Kier molecular flexibility index (Phi) is 8.50. The van der Waals surface area contributed by atoms with Crippen molar-refractivity contribution in [2.45, 2.75) is 19.3 Å². The van der Waals surface area contributed by atoms with E-state index in [0.29, 0.717) is 39.4 Å². The largest absolute Gasteiger partial charge is 0.495 e. The number of carboxylic acids is 1. The minimum absolute atomic E-state index is 0.0764. The molecule has 0 saturated carbocycles. The summed E-state index contributed by atoms with van der Waals surface area (Å²) in [6, 6.07) is 8.21. The number of nitrogens with zero attached hydrogens (tertiary/aromatic N) is 4. The minimum atomic E-state index is -0.742. The summed E-state index contributed by atoms with van der Waals surface area (Å²) in [5.74, 6) is 0.497. The van der Waals surface area contributed by atoms with E-state index >= 15 is 0 Å². The molecule has 188 valence electrons. The Morgan fingerprint density at radius 1 is 1.00 bits per heavy atom. The zero-order valence-electron chi connectivity index (χ0n) is 20.2. The maximum atomic E-state index is 13.0. The maximum Gasteiger partial charge on any atom is 0.320 e. The number of urea groups is 1. The summed E-state index contributed by atoms with van der Waals surface area (Å²) in [7, 11) is 1.71. The van der Waals surface area contributed by atoms with Crippen molar-refractivity contribution in [3.8, 4) is 5.75 Å². The zero-order chi connectivity index (χ0) is 23.9. The van der Waals surface area contributed by atoms with E-state index in [1.807, 2.05) is 28.0 Å². The van der Waals surface area contributed by atoms with Crippen LogP contribution in [0.3, 0.4) is 0 Å². The third-order valence-electron chi connectivity index (χ3n) is 7.49. The first-order valence-electron chi connectivity index (χ1n) is 12.5. The smallest absolute Gasteiger partial charge is 0.320 e. The highest BCUT2D eigenvalue weighted by Gasteiger charge is 2.35. The normalized spacial score (nSPS) is 24.2. The molecule has 0 radical (unpaired) electrons. The summed E-state index contributed by atoms with van der Waals surface area (Å²) >= 11 is 0. The number of para-hydroxylation sites is 2. The van der Waals surface area contributed by atoms with Gasteiger partial charge >= 0.3 is 12.0 Å². The molecule has 3 heterocycles. The molecule has 0 spiro atoms. The Balaban J connectivity index is 1.31. The molecule has 2 atom stereocenters. The lowest BCUT2D eigenvalue weighted by Gasteiger charge is -2.42. The summed E-state index contributed by atoms with van der Waals surface area (Å²) in [5.41, 5.74) is 1.13. The van der Waals surface area contributed by atoms with Gasteiger partial charge in [0.1, 0.15) is 5.75 Å². The Bertz CT molecular complexity index is 823. The molecule has 4 rings (SSSR count). The van der Waals surface area contributed by atoms with E-state index in [4.69, 9.17) is 9.47 Å². The molecule has 3 aliphatic heterocycles. The number of methoxy groups -OCH3 is 1. The van der Waals surface area contributed by atoms with Gasteiger partial charge in [-0.3, -0.25) is 9.69 Å². The van der Waals surface area contributed by atoms with Gasteiger partial charge in [0.2, 0.25) is 0 Å². The number of anilines is 1. The van der Waals surface area contributed by atoms with Crippen LogP contribution in [0, 0.1) is 11.8 Å². The minimum Gasteiger partial charge on any atom is -0.495 e. The van der Waals surface area contributed by atoms with Gasteiger partial charge in [0.15, 0.2) is 0 Å². The average Bonchev–Trinajstić information content (AvgIpc) is 2.88. The lowest BCUT2D eigenvalue weighted by molar-refractivity contribution is -0.139. The van der Waals surface area contributed by atoms with E-state index in [2.05, 4.69) is 15.9 Å². The number of rotatable bonds is 7. The second-order valence-corrected chi connectivity index (χ2v) is 9.52. The van der Waals surface area contributed by atoms with Crippen molar-refractivity contribution in [2.24, 2.45) is 11.8 Å². The van der Waals surface area contributed by atoms with Crippen molar-refractivity contribution in [1.82, 2.24) is 14.7 Å². The Morgan fingerprint density at radius 3 is 2.44 bits per heavy atom. The van der Waals surface area contributed by atoms with Gasteiger partial charge in [0, 0.05) is 58.8 Å². The Labute approximate surface area is 202 Å². The molecule has 0 aromatic heterocycles. The Hall–Kier alpha value is -2.52. The molecule has 9 nitrogen and oxygen atoms in total. The summed E-state index contributed by atoms with van der Waals surface area (Å²) < 4.78 is 10.9. The third kappa shape index (κ3) is 6.13. The fourth-order valence-electron chi connectivity index (χ4n) is 5.48. The van der Waals surface area contributed by atoms with Crippen molar-refractivity contribution < 1.29 is 24.2 Å². The molecule has 2 amide bonds. The lowest BCUT2D eigenvalue weighted by atomic mass is 9.81. The molecule has 3 saturated heterocycles. The van der Waals surface area contributed by atoms with Crippen molar-refractivity contribution in [3.05, 3.63) is 24.3 Å². The second kappa shape index (κ2) is 11.8. The number of piperidine rings is 1. The van der Waals surface area contributed by atoms with E-state index in [0.717, 1.165) is 57.0 Å². The van der Waals surface area contributed by atoms with E-state index < -0.39 is 5.97 Å². The first kappa shape index (κ1) is 24.6. The van der Waals surface area contributed by atoms with Gasteiger partial charge < -0.3 is 29.3 Å². The fourth-order valence-corrected chi connectivity index (χ4v) is 5.48. The van der Waals surface area contributed by atoms with Crippen molar-refractivity contribution in [1.29, 1.82) is 0 Å². The SMILES string of the molecule is COc1ccccc1N1CCN(CCC2CN(C(=O)N3CCOCC3)CCC2CC(=O)O)CC1. The Morgan fingerprint density at radius 2 is 1.74 bits per heavy atom. The van der Waals surface area contributed by atoms with Crippen molar-refractivity contribution in [3.63, 3.8) is 0 Å². The van der Waals surface area contributed by atoms with Crippen LogP contribution < -0.4 is 9.64 Å². The van der Waals surface area contributed by atoms with Crippen molar-refractivity contribution in [2.75, 3.05) is 84.1 Å². The number of carbonyl (C=O) groups excluding carboxylic acids is 1. The molecule has 0 aliphatic carbocycles. The van der Waals surface area contributed by atoms with Gasteiger partial charge in [0.05, 0.1) is 26.0 Å². The number of benzene rings is 1. The quantitative estimate of drug-likeness (QED) is 0.648. The highest BCUT2D eigenvalue weighted by Crippen LogP contribution is 2.31. The van der Waals surface area contributed by atoms with Gasteiger partial charge in [0.25, 0.3) is 0 Å². The van der Waals surface area contributed by atoms with Gasteiger partial charge in [-0.25, -0.2) is 4.79 Å². The van der Waals surface area contributed by atoms with E-state index in [-0.39, 0.29) is 24.3 Å². The van der Waals surface area contributed by atoms with Gasteiger partial charge in [-0.05, 0) is 43.4 Å². The van der Waals surface area contributed by atoms with Crippen LogP contribution in [0.25, 0.3) is 0 Å². The predicted molar refractivity (Wildman–Crippen MR) is 129 cm³/mol.